The van der Waals surface area contributed by atoms with Crippen LogP contribution in [0.4, 0.5) is 18.0 Å². The summed E-state index contributed by atoms with van der Waals surface area (Å²) in [6.45, 7) is 9.86. The van der Waals surface area contributed by atoms with E-state index in [1.165, 1.54) is 13.2 Å². The summed E-state index contributed by atoms with van der Waals surface area (Å²) in [6.07, 6.45) is -4.57. The van der Waals surface area contributed by atoms with Gasteiger partial charge in [0.15, 0.2) is 0 Å². The van der Waals surface area contributed by atoms with Crippen molar-refractivity contribution in [3.05, 3.63) is 41.1 Å². The van der Waals surface area contributed by atoms with Crippen LogP contribution >= 0.6 is 0 Å². The molecule has 1 N–H and O–H groups in total. The van der Waals surface area contributed by atoms with Gasteiger partial charge in [-0.3, -0.25) is 0 Å². The average Bonchev–Trinajstić information content (AvgIpc) is 2.76. The van der Waals surface area contributed by atoms with Crippen molar-refractivity contribution in [2.75, 3.05) is 20.2 Å². The molecule has 0 spiro atoms. The zero-order chi connectivity index (χ0) is 26.2. The second-order valence-electron chi connectivity index (χ2n) is 10.3. The van der Waals surface area contributed by atoms with Gasteiger partial charge in [-0.05, 0) is 70.4 Å². The highest BCUT2D eigenvalue weighted by Gasteiger charge is 2.41. The van der Waals surface area contributed by atoms with Crippen molar-refractivity contribution < 1.29 is 32.5 Å². The Kier molecular flexibility index (Phi) is 7.36. The van der Waals surface area contributed by atoms with Gasteiger partial charge in [-0.1, -0.05) is 6.92 Å². The normalized spacial score (nSPS) is 19.9. The summed E-state index contributed by atoms with van der Waals surface area (Å²) in [5, 5.41) is 19.6. The Bertz CT molecular complexity index is 1080. The number of halogens is 3. The van der Waals surface area contributed by atoms with Crippen LogP contribution in [0.1, 0.15) is 63.5 Å². The maximum atomic E-state index is 13.1. The first kappa shape index (κ1) is 26.7. The molecule has 0 saturated carbocycles. The van der Waals surface area contributed by atoms with Gasteiger partial charge < -0.3 is 19.5 Å². The third kappa shape index (κ3) is 6.04. The van der Waals surface area contributed by atoms with Gasteiger partial charge >= 0.3 is 12.3 Å². The number of carbonyl (C=O) groups excluding carboxylic acids is 1. The van der Waals surface area contributed by atoms with E-state index in [1.54, 1.807) is 38.7 Å². The van der Waals surface area contributed by atoms with E-state index in [9.17, 15) is 23.1 Å². The SMILES string of the molecule is COc1cc(C(F)(F)F)ccc1-c1nnc([C@@H](O)C2(C)CCCN(C(=O)OC(C)(C)C)C2)cc1C. The molecule has 7 nitrogen and oxygen atoms in total. The second-order valence-corrected chi connectivity index (χ2v) is 10.3. The van der Waals surface area contributed by atoms with Crippen LogP contribution in [0.25, 0.3) is 11.3 Å². The molecular weight excluding hydrogens is 463 g/mol. The fourth-order valence-electron chi connectivity index (χ4n) is 4.30. The Morgan fingerprint density at radius 1 is 1.20 bits per heavy atom. The lowest BCUT2D eigenvalue weighted by molar-refractivity contribution is -0.137. The molecule has 1 saturated heterocycles. The van der Waals surface area contributed by atoms with Gasteiger partial charge in [0.05, 0.1) is 24.1 Å². The minimum Gasteiger partial charge on any atom is -0.496 e. The lowest BCUT2D eigenvalue weighted by Crippen LogP contribution is -2.49. The van der Waals surface area contributed by atoms with Gasteiger partial charge in [-0.25, -0.2) is 4.79 Å². The van der Waals surface area contributed by atoms with Crippen LogP contribution in [0.5, 0.6) is 5.75 Å². The largest absolute Gasteiger partial charge is 0.496 e. The first-order valence-electron chi connectivity index (χ1n) is 11.4. The molecule has 0 bridgehead atoms. The standard InChI is InChI=1S/C25H32F3N3O4/c1-15-12-18(21(32)24(5)10-7-11-31(14-24)22(33)35-23(2,3)4)29-30-20(15)17-9-8-16(25(26,27)28)13-19(17)34-6/h8-9,12-13,21,32H,7,10-11,14H2,1-6H3/t21-,24?/m1/s1. The predicted molar refractivity (Wildman–Crippen MR) is 124 cm³/mol. The number of aliphatic hydroxyl groups is 1. The summed E-state index contributed by atoms with van der Waals surface area (Å²) in [5.74, 6) is 0.0257. The molecule has 1 fully saturated rings. The Labute approximate surface area is 203 Å². The fraction of sp³-hybridized carbons (Fsp3) is 0.560. The number of likely N-dealkylation sites (tertiary alicyclic amines) is 1. The van der Waals surface area contributed by atoms with Crippen molar-refractivity contribution in [2.45, 2.75) is 65.3 Å². The third-order valence-corrected chi connectivity index (χ3v) is 6.11. The molecule has 2 heterocycles. The van der Waals surface area contributed by atoms with E-state index < -0.39 is 35.0 Å². The van der Waals surface area contributed by atoms with Crippen LogP contribution in [-0.4, -0.2) is 52.1 Å². The number of amides is 1. The van der Waals surface area contributed by atoms with Crippen LogP contribution in [0.3, 0.4) is 0 Å². The van der Waals surface area contributed by atoms with E-state index in [2.05, 4.69) is 10.2 Å². The van der Waals surface area contributed by atoms with Crippen molar-refractivity contribution >= 4 is 6.09 Å². The maximum Gasteiger partial charge on any atom is 0.416 e. The molecule has 2 atom stereocenters. The molecule has 2 aromatic rings. The van der Waals surface area contributed by atoms with Crippen LogP contribution in [0, 0.1) is 12.3 Å². The summed E-state index contributed by atoms with van der Waals surface area (Å²) in [4.78, 5) is 14.2. The molecule has 10 heteroatoms. The number of hydrogen-bond donors (Lipinski definition) is 1. The highest BCUT2D eigenvalue weighted by Crippen LogP contribution is 2.42. The zero-order valence-corrected chi connectivity index (χ0v) is 20.9. The lowest BCUT2D eigenvalue weighted by atomic mass is 9.75. The molecule has 0 aliphatic carbocycles. The number of rotatable bonds is 4. The van der Waals surface area contributed by atoms with E-state index >= 15 is 0 Å². The second kappa shape index (κ2) is 9.64. The van der Waals surface area contributed by atoms with Gasteiger partial charge in [0, 0.05) is 24.1 Å². The number of nitrogens with zero attached hydrogens (tertiary/aromatic N) is 3. The van der Waals surface area contributed by atoms with Crippen LogP contribution in [0.2, 0.25) is 0 Å². The predicted octanol–water partition coefficient (Wildman–Crippen LogP) is 5.55. The molecule has 0 radical (unpaired) electrons. The molecule has 1 aromatic heterocycles. The van der Waals surface area contributed by atoms with Gasteiger partial charge in [0.25, 0.3) is 0 Å². The first-order chi connectivity index (χ1) is 16.1. The van der Waals surface area contributed by atoms with Crippen molar-refractivity contribution in [2.24, 2.45) is 5.41 Å². The van der Waals surface area contributed by atoms with Gasteiger partial charge in [0.1, 0.15) is 17.5 Å². The van der Waals surface area contributed by atoms with E-state index in [0.29, 0.717) is 41.9 Å². The number of piperidine rings is 1. The van der Waals surface area contributed by atoms with E-state index in [4.69, 9.17) is 9.47 Å². The smallest absolute Gasteiger partial charge is 0.416 e. The lowest BCUT2D eigenvalue weighted by Gasteiger charge is -2.43. The molecule has 1 aromatic carbocycles. The van der Waals surface area contributed by atoms with Crippen molar-refractivity contribution in [3.63, 3.8) is 0 Å². The monoisotopic (exact) mass is 495 g/mol. The van der Waals surface area contributed by atoms with E-state index in [1.807, 2.05) is 6.92 Å². The summed E-state index contributed by atoms with van der Waals surface area (Å²) in [6, 6.07) is 4.86. The number of methoxy groups -OCH3 is 1. The Balaban J connectivity index is 1.86. The molecule has 1 unspecified atom stereocenters. The summed E-state index contributed by atoms with van der Waals surface area (Å²) in [7, 11) is 1.29. The molecule has 3 rings (SSSR count). The highest BCUT2D eigenvalue weighted by atomic mass is 19.4. The van der Waals surface area contributed by atoms with E-state index in [0.717, 1.165) is 12.1 Å². The molecule has 1 aliphatic heterocycles. The average molecular weight is 496 g/mol. The van der Waals surface area contributed by atoms with Crippen LogP contribution in [0.15, 0.2) is 24.3 Å². The van der Waals surface area contributed by atoms with E-state index in [-0.39, 0.29) is 12.3 Å². The molecular formula is C25H32F3N3O4. The zero-order valence-electron chi connectivity index (χ0n) is 20.9. The van der Waals surface area contributed by atoms with Gasteiger partial charge in [-0.15, -0.1) is 5.10 Å². The van der Waals surface area contributed by atoms with Crippen LogP contribution in [-0.2, 0) is 10.9 Å². The molecule has 1 aliphatic rings. The number of aryl methyl sites for hydroxylation is 1. The number of carbonyl (C=O) groups is 1. The summed E-state index contributed by atoms with van der Waals surface area (Å²) >= 11 is 0. The third-order valence-electron chi connectivity index (χ3n) is 6.11. The number of aliphatic hydroxyl groups excluding tert-OH is 1. The first-order valence-corrected chi connectivity index (χ1v) is 11.4. The van der Waals surface area contributed by atoms with Gasteiger partial charge in [-0.2, -0.15) is 18.3 Å². The number of aromatic nitrogens is 2. The van der Waals surface area contributed by atoms with Gasteiger partial charge in [0.2, 0.25) is 0 Å². The fourth-order valence-corrected chi connectivity index (χ4v) is 4.30. The minimum absolute atomic E-state index is 0.0257. The molecule has 1 amide bonds. The maximum absolute atomic E-state index is 13.1. The minimum atomic E-state index is -4.50. The number of hydrogen-bond acceptors (Lipinski definition) is 6. The molecule has 192 valence electrons. The Hall–Kier alpha value is -2.88. The van der Waals surface area contributed by atoms with Crippen molar-refractivity contribution in [3.8, 4) is 17.0 Å². The van der Waals surface area contributed by atoms with Crippen LogP contribution < -0.4 is 4.74 Å². The highest BCUT2D eigenvalue weighted by molar-refractivity contribution is 5.70. The quantitative estimate of drug-likeness (QED) is 0.599. The Morgan fingerprint density at radius 3 is 2.46 bits per heavy atom. The number of alkyl halides is 3. The number of benzene rings is 1. The van der Waals surface area contributed by atoms with Crippen molar-refractivity contribution in [1.82, 2.24) is 15.1 Å². The summed E-state index contributed by atoms with van der Waals surface area (Å²) in [5.41, 5.74) is -0.454. The molecule has 35 heavy (non-hydrogen) atoms. The Morgan fingerprint density at radius 2 is 1.89 bits per heavy atom. The summed E-state index contributed by atoms with van der Waals surface area (Å²) < 4.78 is 49.9. The van der Waals surface area contributed by atoms with Crippen molar-refractivity contribution in [1.29, 1.82) is 0 Å². The topological polar surface area (TPSA) is 84.8 Å². The number of ether oxygens (including phenoxy) is 2.